The molecule has 3 aromatic rings. The van der Waals surface area contributed by atoms with Crippen LogP contribution in [0.5, 0.6) is 0 Å². The van der Waals surface area contributed by atoms with E-state index < -0.39 is 4.92 Å². The van der Waals surface area contributed by atoms with Gasteiger partial charge in [0.05, 0.1) is 40.4 Å². The van der Waals surface area contributed by atoms with Crippen molar-refractivity contribution in [1.82, 2.24) is 9.97 Å². The van der Waals surface area contributed by atoms with E-state index in [1.165, 1.54) is 18.4 Å². The van der Waals surface area contributed by atoms with Gasteiger partial charge in [-0.2, -0.15) is 0 Å². The first-order valence-corrected chi connectivity index (χ1v) is 5.18. The molecule has 0 aliphatic heterocycles. The summed E-state index contributed by atoms with van der Waals surface area (Å²) in [6, 6.07) is 6.16. The van der Waals surface area contributed by atoms with Crippen LogP contribution < -0.4 is 0 Å². The molecule has 0 spiro atoms. The quantitative estimate of drug-likeness (QED) is 0.509. The molecule has 2 heterocycles. The Balaban J connectivity index is 2.18. The normalized spacial score (nSPS) is 10.7. The van der Waals surface area contributed by atoms with E-state index in [1.54, 1.807) is 24.6 Å². The standard InChI is InChI=1S/C12H7N3O3/c16-15(17)9-1-2-10-11(5-9)14-12(6-13-10)8-3-4-18-7-8/h1-7H. The molecule has 18 heavy (non-hydrogen) atoms. The summed E-state index contributed by atoms with van der Waals surface area (Å²) in [5.41, 5.74) is 2.52. The molecule has 0 aliphatic rings. The molecule has 1 aromatic carbocycles. The van der Waals surface area contributed by atoms with Crippen LogP contribution >= 0.6 is 0 Å². The minimum absolute atomic E-state index is 0.00106. The zero-order valence-corrected chi connectivity index (χ0v) is 9.11. The Morgan fingerprint density at radius 3 is 2.83 bits per heavy atom. The van der Waals surface area contributed by atoms with Crippen LogP contribution in [-0.2, 0) is 0 Å². The third-order valence-electron chi connectivity index (χ3n) is 2.55. The average molecular weight is 241 g/mol. The van der Waals surface area contributed by atoms with Crippen LogP contribution in [0.15, 0.2) is 47.4 Å². The first kappa shape index (κ1) is 10.4. The van der Waals surface area contributed by atoms with Gasteiger partial charge in [0.1, 0.15) is 0 Å². The first-order valence-electron chi connectivity index (χ1n) is 5.18. The maximum atomic E-state index is 10.7. The maximum Gasteiger partial charge on any atom is 0.271 e. The minimum atomic E-state index is -0.453. The Kier molecular flexibility index (Phi) is 2.26. The highest BCUT2D eigenvalue weighted by Gasteiger charge is 2.09. The number of rotatable bonds is 2. The Bertz CT molecular complexity index is 723. The molecule has 6 heteroatoms. The second-order valence-corrected chi connectivity index (χ2v) is 3.70. The van der Waals surface area contributed by atoms with Gasteiger partial charge in [-0.1, -0.05) is 0 Å². The number of nitrogens with zero attached hydrogens (tertiary/aromatic N) is 3. The van der Waals surface area contributed by atoms with E-state index >= 15 is 0 Å². The van der Waals surface area contributed by atoms with Gasteiger partial charge in [-0.15, -0.1) is 0 Å². The second-order valence-electron chi connectivity index (χ2n) is 3.70. The Labute approximate surface area is 101 Å². The summed E-state index contributed by atoms with van der Waals surface area (Å²) >= 11 is 0. The highest BCUT2D eigenvalue weighted by molar-refractivity contribution is 5.79. The van der Waals surface area contributed by atoms with Gasteiger partial charge in [-0.25, -0.2) is 4.98 Å². The van der Waals surface area contributed by atoms with Gasteiger partial charge in [0.25, 0.3) is 5.69 Å². The largest absolute Gasteiger partial charge is 0.472 e. The number of furan rings is 1. The first-order chi connectivity index (χ1) is 8.74. The van der Waals surface area contributed by atoms with Gasteiger partial charge in [0, 0.05) is 17.7 Å². The van der Waals surface area contributed by atoms with Crippen molar-refractivity contribution in [1.29, 1.82) is 0 Å². The fourth-order valence-corrected chi connectivity index (χ4v) is 1.66. The van der Waals surface area contributed by atoms with E-state index in [2.05, 4.69) is 9.97 Å². The molecule has 0 bridgehead atoms. The lowest BCUT2D eigenvalue weighted by molar-refractivity contribution is -0.384. The van der Waals surface area contributed by atoms with Gasteiger partial charge in [-0.05, 0) is 12.1 Å². The SMILES string of the molecule is O=[N+]([O-])c1ccc2ncc(-c3ccoc3)nc2c1. The third kappa shape index (κ3) is 1.69. The summed E-state index contributed by atoms with van der Waals surface area (Å²) in [5, 5.41) is 10.7. The molecule has 0 radical (unpaired) electrons. The van der Waals surface area contributed by atoms with Gasteiger partial charge in [-0.3, -0.25) is 15.1 Å². The highest BCUT2D eigenvalue weighted by atomic mass is 16.6. The second kappa shape index (κ2) is 3.92. The van der Waals surface area contributed by atoms with Crippen LogP contribution in [0.25, 0.3) is 22.3 Å². The summed E-state index contributed by atoms with van der Waals surface area (Å²) in [6.07, 6.45) is 4.70. The van der Waals surface area contributed by atoms with Crippen molar-refractivity contribution < 1.29 is 9.34 Å². The zero-order valence-electron chi connectivity index (χ0n) is 9.11. The Morgan fingerprint density at radius 1 is 1.22 bits per heavy atom. The molecule has 0 fully saturated rings. The van der Waals surface area contributed by atoms with E-state index in [0.717, 1.165) is 5.56 Å². The molecule has 0 unspecified atom stereocenters. The van der Waals surface area contributed by atoms with E-state index in [-0.39, 0.29) is 5.69 Å². The Morgan fingerprint density at radius 2 is 2.11 bits per heavy atom. The topological polar surface area (TPSA) is 82.1 Å². The van der Waals surface area contributed by atoms with E-state index in [1.807, 2.05) is 0 Å². The summed E-state index contributed by atoms with van der Waals surface area (Å²) in [4.78, 5) is 18.8. The van der Waals surface area contributed by atoms with Crippen LogP contribution in [0.1, 0.15) is 0 Å². The molecule has 0 aliphatic carbocycles. The average Bonchev–Trinajstić information content (AvgIpc) is 2.91. The van der Waals surface area contributed by atoms with Crippen molar-refractivity contribution in [2.75, 3.05) is 0 Å². The van der Waals surface area contributed by atoms with Crippen molar-refractivity contribution >= 4 is 16.7 Å². The third-order valence-corrected chi connectivity index (χ3v) is 2.55. The lowest BCUT2D eigenvalue weighted by atomic mass is 10.2. The fourth-order valence-electron chi connectivity index (χ4n) is 1.66. The number of aromatic nitrogens is 2. The van der Waals surface area contributed by atoms with Crippen molar-refractivity contribution in [3.05, 3.63) is 53.1 Å². The molecular formula is C12H7N3O3. The lowest BCUT2D eigenvalue weighted by Gasteiger charge is -1.99. The number of fused-ring (bicyclic) bond motifs is 1. The number of non-ortho nitro benzene ring substituents is 1. The molecule has 0 saturated carbocycles. The van der Waals surface area contributed by atoms with Crippen LogP contribution in [0.4, 0.5) is 5.69 Å². The van der Waals surface area contributed by atoms with E-state index in [4.69, 9.17) is 4.42 Å². The summed E-state index contributed by atoms with van der Waals surface area (Å²) < 4.78 is 4.97. The zero-order chi connectivity index (χ0) is 12.5. The maximum absolute atomic E-state index is 10.7. The Hall–Kier alpha value is -2.76. The number of nitro benzene ring substituents is 1. The van der Waals surface area contributed by atoms with Gasteiger partial charge < -0.3 is 4.42 Å². The summed E-state index contributed by atoms with van der Waals surface area (Å²) in [6.45, 7) is 0. The van der Waals surface area contributed by atoms with Crippen LogP contribution in [0.3, 0.4) is 0 Å². The van der Waals surface area contributed by atoms with Gasteiger partial charge in [0.15, 0.2) is 0 Å². The lowest BCUT2D eigenvalue weighted by Crippen LogP contribution is -1.91. The molecular weight excluding hydrogens is 234 g/mol. The molecule has 0 saturated heterocycles. The minimum Gasteiger partial charge on any atom is -0.472 e. The summed E-state index contributed by atoms with van der Waals surface area (Å²) in [5.74, 6) is 0. The van der Waals surface area contributed by atoms with E-state index in [0.29, 0.717) is 16.7 Å². The monoisotopic (exact) mass is 241 g/mol. The molecule has 2 aromatic heterocycles. The molecule has 0 atom stereocenters. The summed E-state index contributed by atoms with van der Waals surface area (Å²) in [7, 11) is 0. The van der Waals surface area contributed by atoms with Crippen molar-refractivity contribution in [2.45, 2.75) is 0 Å². The molecule has 3 rings (SSSR count). The van der Waals surface area contributed by atoms with Gasteiger partial charge >= 0.3 is 0 Å². The molecule has 0 amide bonds. The van der Waals surface area contributed by atoms with Gasteiger partial charge in [0.2, 0.25) is 0 Å². The number of hydrogen-bond acceptors (Lipinski definition) is 5. The van der Waals surface area contributed by atoms with Crippen LogP contribution in [0.2, 0.25) is 0 Å². The van der Waals surface area contributed by atoms with Crippen molar-refractivity contribution in [3.63, 3.8) is 0 Å². The van der Waals surface area contributed by atoms with Crippen LogP contribution in [0, 0.1) is 10.1 Å². The fraction of sp³-hybridized carbons (Fsp3) is 0. The predicted octanol–water partition coefficient (Wildman–Crippen LogP) is 2.80. The smallest absolute Gasteiger partial charge is 0.271 e. The van der Waals surface area contributed by atoms with Crippen molar-refractivity contribution in [3.8, 4) is 11.3 Å². The molecule has 6 nitrogen and oxygen atoms in total. The predicted molar refractivity (Wildman–Crippen MR) is 63.9 cm³/mol. The molecule has 88 valence electrons. The number of benzene rings is 1. The molecule has 0 N–H and O–H groups in total. The van der Waals surface area contributed by atoms with E-state index in [9.17, 15) is 10.1 Å². The van der Waals surface area contributed by atoms with Crippen LogP contribution in [-0.4, -0.2) is 14.9 Å². The van der Waals surface area contributed by atoms with Crippen molar-refractivity contribution in [2.24, 2.45) is 0 Å². The highest BCUT2D eigenvalue weighted by Crippen LogP contribution is 2.22. The number of nitro groups is 1. The number of hydrogen-bond donors (Lipinski definition) is 0.